The number of aliphatic hydroxyl groups is 1. The summed E-state index contributed by atoms with van der Waals surface area (Å²) in [5, 5.41) is 13.6. The van der Waals surface area contributed by atoms with E-state index in [9.17, 15) is 24.3 Å². The van der Waals surface area contributed by atoms with Gasteiger partial charge in [0.2, 0.25) is 5.91 Å². The van der Waals surface area contributed by atoms with Crippen LogP contribution in [0.3, 0.4) is 0 Å². The summed E-state index contributed by atoms with van der Waals surface area (Å²) in [4.78, 5) is 57.5. The van der Waals surface area contributed by atoms with Crippen LogP contribution in [0.5, 0.6) is 0 Å². The topological polar surface area (TPSA) is 128 Å². The minimum Gasteiger partial charge on any atom is -0.432 e. The Balaban J connectivity index is 1.34. The molecule has 1 fully saturated rings. The molecule has 4 atom stereocenters. The zero-order valence-corrected chi connectivity index (χ0v) is 28.7. The molecule has 2 aliphatic heterocycles. The van der Waals surface area contributed by atoms with Crippen molar-refractivity contribution < 1.29 is 24.2 Å². The lowest BCUT2D eigenvalue weighted by atomic mass is 9.82. The monoisotopic (exact) mass is 676 g/mol. The first kappa shape index (κ1) is 32.7. The molecule has 1 aromatic heterocycles. The molecule has 0 saturated carbocycles. The van der Waals surface area contributed by atoms with E-state index in [1.54, 1.807) is 21.9 Å². The van der Waals surface area contributed by atoms with Crippen LogP contribution < -0.4 is 10.5 Å². The Bertz CT molecular complexity index is 2080. The molecule has 1 saturated heterocycles. The van der Waals surface area contributed by atoms with Crippen molar-refractivity contribution in [2.24, 2.45) is 5.92 Å². The van der Waals surface area contributed by atoms with Gasteiger partial charge in [0.15, 0.2) is 13.9 Å². The van der Waals surface area contributed by atoms with E-state index < -0.39 is 31.5 Å². The molecule has 2 amide bonds. The van der Waals surface area contributed by atoms with Gasteiger partial charge in [0.25, 0.3) is 11.5 Å². The number of aliphatic hydroxyl groups excluding tert-OH is 1. The van der Waals surface area contributed by atoms with Crippen LogP contribution in [0.1, 0.15) is 24.5 Å². The van der Waals surface area contributed by atoms with E-state index in [-0.39, 0.29) is 36.9 Å². The van der Waals surface area contributed by atoms with Crippen molar-refractivity contribution in [3.05, 3.63) is 125 Å². The van der Waals surface area contributed by atoms with Crippen LogP contribution in [0.15, 0.2) is 108 Å². The molecule has 5 aromatic rings. The van der Waals surface area contributed by atoms with E-state index in [1.807, 2.05) is 111 Å². The van der Waals surface area contributed by atoms with Crippen molar-refractivity contribution in [2.75, 3.05) is 18.1 Å². The highest BCUT2D eigenvalue weighted by atomic mass is 28.4. The fourth-order valence-corrected chi connectivity index (χ4v) is 10.5. The molecular weight excluding hydrogens is 637 g/mol. The average Bonchev–Trinajstić information content (AvgIpc) is 3.68. The molecule has 49 heavy (non-hydrogen) atoms. The number of fused-ring (bicyclic) bond motifs is 3. The number of ether oxygens (including phenoxy) is 1. The molecule has 3 N–H and O–H groups in total. The van der Waals surface area contributed by atoms with Crippen LogP contribution in [0, 0.1) is 5.92 Å². The number of benzene rings is 4. The Kier molecular flexibility index (Phi) is 8.40. The number of hydrogen-bond acceptors (Lipinski definition) is 6. The Morgan fingerprint density at radius 2 is 1.61 bits per heavy atom. The van der Waals surface area contributed by atoms with E-state index in [2.05, 4.69) is 5.10 Å². The van der Waals surface area contributed by atoms with Gasteiger partial charge in [-0.1, -0.05) is 67.6 Å². The lowest BCUT2D eigenvalue weighted by Crippen LogP contribution is -2.45. The van der Waals surface area contributed by atoms with Gasteiger partial charge in [-0.05, 0) is 61.1 Å². The van der Waals surface area contributed by atoms with Crippen molar-refractivity contribution in [1.82, 2.24) is 14.7 Å². The van der Waals surface area contributed by atoms with Crippen LogP contribution in [-0.2, 0) is 26.5 Å². The lowest BCUT2D eigenvalue weighted by molar-refractivity contribution is -0.149. The third-order valence-corrected chi connectivity index (χ3v) is 12.6. The Morgan fingerprint density at radius 1 is 0.939 bits per heavy atom. The number of carbonyl (C=O) groups is 2. The summed E-state index contributed by atoms with van der Waals surface area (Å²) in [6.45, 7) is 5.80. The Morgan fingerprint density at radius 3 is 2.29 bits per heavy atom. The summed E-state index contributed by atoms with van der Waals surface area (Å²) in [6, 6.07) is 31.6. The van der Waals surface area contributed by atoms with E-state index in [1.165, 1.54) is 4.68 Å². The molecule has 4 aromatic carbocycles. The smallest absolute Gasteiger partial charge is 0.279 e. The first-order valence-corrected chi connectivity index (χ1v) is 19.6. The number of amides is 2. The summed E-state index contributed by atoms with van der Waals surface area (Å²) in [5.41, 5.74) is 1.74. The highest BCUT2D eigenvalue weighted by Crippen LogP contribution is 2.61. The predicted molar refractivity (Wildman–Crippen MR) is 190 cm³/mol. The fourth-order valence-electron chi connectivity index (χ4n) is 7.92. The second-order valence-corrected chi connectivity index (χ2v) is 17.5. The number of hydrogen-bond donors (Lipinski definition) is 3. The number of para-hydroxylation sites is 2. The zero-order chi connectivity index (χ0) is 34.5. The number of nitrogens with one attached hydrogen (secondary N) is 1. The Labute approximate surface area is 285 Å². The minimum absolute atomic E-state index is 0.0737. The molecule has 7 rings (SSSR count). The normalized spacial score (nSPS) is 21.9. The van der Waals surface area contributed by atoms with Gasteiger partial charge < -0.3 is 19.5 Å². The van der Waals surface area contributed by atoms with Crippen LogP contribution in [0.25, 0.3) is 16.6 Å². The van der Waals surface area contributed by atoms with Gasteiger partial charge in [-0.2, -0.15) is 0 Å². The highest BCUT2D eigenvalue weighted by Gasteiger charge is 2.66. The van der Waals surface area contributed by atoms with Crippen molar-refractivity contribution in [1.29, 1.82) is 0 Å². The molecule has 2 aliphatic rings. The maximum Gasteiger partial charge on any atom is 0.279 e. The first-order valence-electron chi connectivity index (χ1n) is 16.6. The summed E-state index contributed by atoms with van der Waals surface area (Å²) >= 11 is 0. The molecule has 252 valence electrons. The van der Waals surface area contributed by atoms with Gasteiger partial charge >= 0.3 is 0 Å². The maximum absolute atomic E-state index is 15.0. The molecular formula is C38H40N4O6Si. The van der Waals surface area contributed by atoms with Crippen LogP contribution >= 0.6 is 0 Å². The first-order chi connectivity index (χ1) is 23.5. The van der Waals surface area contributed by atoms with Crippen molar-refractivity contribution in [2.45, 2.75) is 50.2 Å². The summed E-state index contributed by atoms with van der Waals surface area (Å²) in [5.74, 6) is -1.07. The molecule has 0 unspecified atom stereocenters. The van der Waals surface area contributed by atoms with E-state index in [4.69, 9.17) is 4.74 Å². The SMILES string of the molecule is C[C@@H]1[C@@H]([Si](C)(C)O)[C@H](CC(=O)N(CCO)Cc2ccccc2)O[C@@]12C(=O)N(c1ccccc1)c1ccc(-n3[nH]c4ccccc4c3=O)cc12. The molecule has 0 aliphatic carbocycles. The third-order valence-electron chi connectivity index (χ3n) is 10.1. The van der Waals surface area contributed by atoms with Crippen molar-refractivity contribution in [3.63, 3.8) is 0 Å². The second kappa shape index (κ2) is 12.6. The van der Waals surface area contributed by atoms with Gasteiger partial charge in [-0.25, -0.2) is 4.68 Å². The van der Waals surface area contributed by atoms with Crippen LogP contribution in [-0.4, -0.2) is 64.0 Å². The van der Waals surface area contributed by atoms with Gasteiger partial charge in [0.05, 0.1) is 41.4 Å². The average molecular weight is 677 g/mol. The summed E-state index contributed by atoms with van der Waals surface area (Å²) in [7, 11) is -3.08. The molecule has 3 heterocycles. The molecule has 11 heteroatoms. The quantitative estimate of drug-likeness (QED) is 0.184. The van der Waals surface area contributed by atoms with E-state index in [0.717, 1.165) is 5.56 Å². The van der Waals surface area contributed by atoms with Crippen molar-refractivity contribution in [3.8, 4) is 5.69 Å². The van der Waals surface area contributed by atoms with Crippen LogP contribution in [0.2, 0.25) is 18.6 Å². The molecule has 0 bridgehead atoms. The minimum atomic E-state index is -3.08. The van der Waals surface area contributed by atoms with E-state index in [0.29, 0.717) is 40.1 Å². The van der Waals surface area contributed by atoms with Crippen molar-refractivity contribution >= 4 is 42.4 Å². The molecule has 10 nitrogen and oxygen atoms in total. The standard InChI is InChI=1S/C38H40N4O6Si/c1-25-35(49(2,3)47)33(23-34(44)40(20-21-43)24-26-12-6-4-7-13-26)48-38(25)30-22-28(42-36(45)29-16-10-11-17-31(29)39-42)18-19-32(30)41(37(38)46)27-14-8-5-9-15-27/h4-19,22,25,33,35,39,43,47H,20-21,23-24H2,1-3H3/t25-,33+,35-,38+/m1/s1. The third kappa shape index (κ3) is 5.52. The zero-order valence-electron chi connectivity index (χ0n) is 27.7. The fraction of sp³-hybridized carbons (Fsp3) is 0.289. The second-order valence-electron chi connectivity index (χ2n) is 13.6. The van der Waals surface area contributed by atoms with E-state index >= 15 is 0 Å². The lowest BCUT2D eigenvalue weighted by Gasteiger charge is -2.32. The van der Waals surface area contributed by atoms with Gasteiger partial charge in [0, 0.05) is 35.8 Å². The largest absolute Gasteiger partial charge is 0.432 e. The van der Waals surface area contributed by atoms with Gasteiger partial charge in [-0.3, -0.25) is 24.4 Å². The number of H-pyrrole nitrogens is 1. The maximum atomic E-state index is 15.0. The van der Waals surface area contributed by atoms with Crippen LogP contribution in [0.4, 0.5) is 11.4 Å². The summed E-state index contributed by atoms with van der Waals surface area (Å²) < 4.78 is 8.42. The van der Waals surface area contributed by atoms with Gasteiger partial charge in [0.1, 0.15) is 0 Å². The molecule has 1 spiro atoms. The number of aromatic nitrogens is 2. The predicted octanol–water partition coefficient (Wildman–Crippen LogP) is 5.21. The molecule has 0 radical (unpaired) electrons. The number of rotatable bonds is 9. The highest BCUT2D eigenvalue weighted by molar-refractivity contribution is 6.71. The Hall–Kier alpha value is -4.81. The number of nitrogens with zero attached hydrogens (tertiary/aromatic N) is 3. The summed E-state index contributed by atoms with van der Waals surface area (Å²) in [6.07, 6.45) is -0.853. The number of carbonyl (C=O) groups excluding carboxylic acids is 2. The van der Waals surface area contributed by atoms with Gasteiger partial charge in [-0.15, -0.1) is 0 Å². The number of aromatic amines is 1. The number of anilines is 2.